The molecule has 0 amide bonds. The first-order valence-electron chi connectivity index (χ1n) is 12.4. The molecule has 0 radical (unpaired) electrons. The molecule has 0 spiro atoms. The molecule has 0 unspecified atom stereocenters. The molecule has 9 heteroatoms. The van der Waals surface area contributed by atoms with Crippen LogP contribution in [0.3, 0.4) is 0 Å². The fourth-order valence-corrected chi connectivity index (χ4v) is 5.15. The third-order valence-electron chi connectivity index (χ3n) is 7.04. The molecule has 0 bridgehead atoms. The second kappa shape index (κ2) is 9.69. The second-order valence-corrected chi connectivity index (χ2v) is 9.95. The van der Waals surface area contributed by atoms with Crippen molar-refractivity contribution < 1.29 is 9.50 Å². The maximum absolute atomic E-state index is 13.7. The zero-order valence-electron chi connectivity index (χ0n) is 19.8. The van der Waals surface area contributed by atoms with Crippen molar-refractivity contribution in [3.8, 4) is 11.3 Å². The Kier molecular flexibility index (Phi) is 6.25. The first kappa shape index (κ1) is 23.2. The number of aromatic nitrogens is 3. The number of anilines is 3. The van der Waals surface area contributed by atoms with Gasteiger partial charge in [0.1, 0.15) is 5.82 Å². The normalized spacial score (nSPS) is 16.6. The molecule has 186 valence electrons. The van der Waals surface area contributed by atoms with Gasteiger partial charge >= 0.3 is 0 Å². The van der Waals surface area contributed by atoms with Crippen LogP contribution in [0, 0.1) is 5.82 Å². The number of β-amino-alcohol motifs (C(OH)–C–C–N with tert-alkyl or cyclic N) is 1. The lowest BCUT2D eigenvalue weighted by molar-refractivity contribution is 0.189. The van der Waals surface area contributed by atoms with Crippen molar-refractivity contribution in [2.24, 2.45) is 0 Å². The van der Waals surface area contributed by atoms with Gasteiger partial charge in [-0.05, 0) is 60.7 Å². The number of H-pyrrole nitrogens is 1. The van der Waals surface area contributed by atoms with Crippen molar-refractivity contribution in [2.75, 3.05) is 49.5 Å². The van der Waals surface area contributed by atoms with Crippen LogP contribution in [-0.4, -0.2) is 64.3 Å². The van der Waals surface area contributed by atoms with E-state index in [4.69, 9.17) is 16.6 Å². The topological polar surface area (TPSA) is 80.3 Å². The summed E-state index contributed by atoms with van der Waals surface area (Å²) in [7, 11) is 0. The lowest BCUT2D eigenvalue weighted by atomic mass is 10.1. The molecular formula is C27H28ClFN6O. The van der Waals surface area contributed by atoms with Gasteiger partial charge in [-0.2, -0.15) is 0 Å². The highest BCUT2D eigenvalue weighted by Gasteiger charge is 2.26. The van der Waals surface area contributed by atoms with Crippen molar-refractivity contribution in [3.63, 3.8) is 0 Å². The first-order valence-corrected chi connectivity index (χ1v) is 12.7. The Hall–Kier alpha value is -3.20. The van der Waals surface area contributed by atoms with Gasteiger partial charge in [0.25, 0.3) is 0 Å². The SMILES string of the molecule is OCCN1CCN(c2cc(Nc3ncc(Cl)c(-c4c[nH]c5cc(F)ccc45)n3)cc(C3CC3)c2)CC1. The number of nitrogens with zero attached hydrogens (tertiary/aromatic N) is 4. The summed E-state index contributed by atoms with van der Waals surface area (Å²) in [6.45, 7) is 4.66. The van der Waals surface area contributed by atoms with Crippen molar-refractivity contribution in [1.82, 2.24) is 19.9 Å². The van der Waals surface area contributed by atoms with E-state index in [1.54, 1.807) is 18.5 Å². The highest BCUT2D eigenvalue weighted by molar-refractivity contribution is 6.33. The number of nitrogens with one attached hydrogen (secondary N) is 2. The summed E-state index contributed by atoms with van der Waals surface area (Å²) in [5.74, 6) is 0.764. The van der Waals surface area contributed by atoms with Gasteiger partial charge in [-0.25, -0.2) is 14.4 Å². The average molecular weight is 507 g/mol. The van der Waals surface area contributed by atoms with Crippen LogP contribution in [-0.2, 0) is 0 Å². The standard InChI is InChI=1S/C27H28ClFN6O/c28-24-16-31-27(33-26(24)23-15-30-25-13-19(29)3-4-22(23)25)32-20-11-18(17-1-2-17)12-21(14-20)35-7-5-34(6-8-35)9-10-36/h3-4,11-17,30,36H,1-2,5-10H2,(H,31,32,33). The fraction of sp³-hybridized carbons (Fsp3) is 0.333. The summed E-state index contributed by atoms with van der Waals surface area (Å²) < 4.78 is 13.7. The fourth-order valence-electron chi connectivity index (χ4n) is 4.95. The van der Waals surface area contributed by atoms with Gasteiger partial charge in [0, 0.05) is 66.8 Å². The van der Waals surface area contributed by atoms with Crippen molar-refractivity contribution >= 4 is 39.8 Å². The van der Waals surface area contributed by atoms with E-state index < -0.39 is 0 Å². The van der Waals surface area contributed by atoms with Crippen molar-refractivity contribution in [3.05, 3.63) is 65.2 Å². The minimum Gasteiger partial charge on any atom is -0.395 e. The van der Waals surface area contributed by atoms with Gasteiger partial charge in [-0.15, -0.1) is 0 Å². The largest absolute Gasteiger partial charge is 0.395 e. The maximum atomic E-state index is 13.7. The Balaban J connectivity index is 1.29. The van der Waals surface area contributed by atoms with Crippen LogP contribution >= 0.6 is 11.6 Å². The summed E-state index contributed by atoms with van der Waals surface area (Å²) in [6, 6.07) is 11.3. The number of halogens is 2. The van der Waals surface area contributed by atoms with Crippen LogP contribution in [0.1, 0.15) is 24.3 Å². The average Bonchev–Trinajstić information content (AvgIpc) is 3.66. The van der Waals surface area contributed by atoms with Gasteiger partial charge in [0.05, 0.1) is 23.5 Å². The molecular weight excluding hydrogens is 479 g/mol. The lowest BCUT2D eigenvalue weighted by Crippen LogP contribution is -2.47. The van der Waals surface area contributed by atoms with E-state index in [0.29, 0.717) is 28.1 Å². The number of hydrogen-bond donors (Lipinski definition) is 3. The van der Waals surface area contributed by atoms with E-state index in [-0.39, 0.29) is 12.4 Å². The Labute approximate surface area is 213 Å². The Morgan fingerprint density at radius 2 is 1.94 bits per heavy atom. The van der Waals surface area contributed by atoms with E-state index in [1.807, 2.05) is 0 Å². The van der Waals surface area contributed by atoms with E-state index in [2.05, 4.69) is 43.3 Å². The molecule has 2 fully saturated rings. The third kappa shape index (κ3) is 4.76. The first-order chi connectivity index (χ1) is 17.6. The number of fused-ring (bicyclic) bond motifs is 1. The van der Waals surface area contributed by atoms with E-state index in [9.17, 15) is 9.50 Å². The second-order valence-electron chi connectivity index (χ2n) is 9.55. The zero-order chi connectivity index (χ0) is 24.6. The molecule has 36 heavy (non-hydrogen) atoms. The quantitative estimate of drug-likeness (QED) is 0.321. The van der Waals surface area contributed by atoms with Gasteiger partial charge < -0.3 is 20.3 Å². The van der Waals surface area contributed by atoms with Gasteiger partial charge in [-0.3, -0.25) is 4.90 Å². The smallest absolute Gasteiger partial charge is 0.227 e. The predicted molar refractivity (Wildman–Crippen MR) is 142 cm³/mol. The van der Waals surface area contributed by atoms with Crippen molar-refractivity contribution in [1.29, 1.82) is 0 Å². The van der Waals surface area contributed by atoms with E-state index in [0.717, 1.165) is 49.4 Å². The highest BCUT2D eigenvalue weighted by atomic mass is 35.5. The molecule has 2 aromatic carbocycles. The molecule has 7 nitrogen and oxygen atoms in total. The summed E-state index contributed by atoms with van der Waals surface area (Å²) in [6.07, 6.45) is 5.83. The minimum absolute atomic E-state index is 0.198. The van der Waals surface area contributed by atoms with E-state index in [1.165, 1.54) is 36.2 Å². The molecule has 3 heterocycles. The third-order valence-corrected chi connectivity index (χ3v) is 7.32. The van der Waals surface area contributed by atoms with Gasteiger partial charge in [0.15, 0.2) is 0 Å². The Morgan fingerprint density at radius 3 is 2.72 bits per heavy atom. The Morgan fingerprint density at radius 1 is 1.11 bits per heavy atom. The van der Waals surface area contributed by atoms with Gasteiger partial charge in [0.2, 0.25) is 5.95 Å². The molecule has 2 aromatic heterocycles. The van der Waals surface area contributed by atoms with E-state index >= 15 is 0 Å². The number of rotatable bonds is 7. The molecule has 1 saturated heterocycles. The molecule has 1 aliphatic carbocycles. The summed E-state index contributed by atoms with van der Waals surface area (Å²) in [5, 5.41) is 13.9. The molecule has 6 rings (SSSR count). The van der Waals surface area contributed by atoms with Crippen LogP contribution in [0.4, 0.5) is 21.7 Å². The monoisotopic (exact) mass is 506 g/mol. The zero-order valence-corrected chi connectivity index (χ0v) is 20.6. The van der Waals surface area contributed by atoms with Crippen LogP contribution in [0.5, 0.6) is 0 Å². The number of aliphatic hydroxyl groups excluding tert-OH is 1. The van der Waals surface area contributed by atoms with Crippen LogP contribution < -0.4 is 10.2 Å². The van der Waals surface area contributed by atoms with Crippen LogP contribution in [0.15, 0.2) is 48.8 Å². The number of aliphatic hydroxyl groups is 1. The molecule has 0 atom stereocenters. The number of hydrogen-bond acceptors (Lipinski definition) is 6. The van der Waals surface area contributed by atoms with Crippen molar-refractivity contribution in [2.45, 2.75) is 18.8 Å². The molecule has 4 aromatic rings. The Bertz CT molecular complexity index is 1400. The summed E-state index contributed by atoms with van der Waals surface area (Å²) in [5.41, 5.74) is 5.55. The van der Waals surface area contributed by atoms with Crippen LogP contribution in [0.2, 0.25) is 5.02 Å². The number of aromatic amines is 1. The minimum atomic E-state index is -0.298. The summed E-state index contributed by atoms with van der Waals surface area (Å²) >= 11 is 6.49. The molecule has 1 aliphatic heterocycles. The van der Waals surface area contributed by atoms with Crippen LogP contribution in [0.25, 0.3) is 22.2 Å². The number of benzene rings is 2. The number of piperazine rings is 1. The van der Waals surface area contributed by atoms with Gasteiger partial charge in [-0.1, -0.05) is 11.6 Å². The molecule has 3 N–H and O–H groups in total. The molecule has 2 aliphatic rings. The predicted octanol–water partition coefficient (Wildman–Crippen LogP) is 5.15. The lowest BCUT2D eigenvalue weighted by Gasteiger charge is -2.36. The molecule has 1 saturated carbocycles. The highest BCUT2D eigenvalue weighted by Crippen LogP contribution is 2.43. The maximum Gasteiger partial charge on any atom is 0.227 e. The summed E-state index contributed by atoms with van der Waals surface area (Å²) in [4.78, 5) is 17.0.